The Hall–Kier alpha value is -0.450. The van der Waals surface area contributed by atoms with E-state index in [1.54, 1.807) is 11.3 Å². The largest absolute Gasteiger partial charge is 0.330 e. The van der Waals surface area contributed by atoms with E-state index in [1.165, 1.54) is 29.8 Å². The SMILES string of the molecule is Cc1nc(C)c(C(C)NCCCCCCN)s1. The minimum Gasteiger partial charge on any atom is -0.330 e. The number of unbranched alkanes of at least 4 members (excludes halogenated alkanes) is 3. The Bertz CT molecular complexity index is 322. The Kier molecular flexibility index (Phi) is 6.70. The number of nitrogens with two attached hydrogens (primary N) is 1. The van der Waals surface area contributed by atoms with Crippen molar-refractivity contribution in [2.45, 2.75) is 52.5 Å². The molecule has 1 aromatic heterocycles. The summed E-state index contributed by atoms with van der Waals surface area (Å²) in [6.07, 6.45) is 4.92. The zero-order valence-corrected chi connectivity index (χ0v) is 12.1. The third kappa shape index (κ3) is 5.15. The van der Waals surface area contributed by atoms with Crippen LogP contribution in [0.3, 0.4) is 0 Å². The fourth-order valence-electron chi connectivity index (χ4n) is 1.98. The Balaban J connectivity index is 2.21. The minimum absolute atomic E-state index is 0.427. The molecule has 1 heterocycles. The second-order valence-corrected chi connectivity index (χ2v) is 5.80. The first-order valence-corrected chi connectivity index (χ1v) is 7.34. The van der Waals surface area contributed by atoms with E-state index in [0.717, 1.165) is 24.5 Å². The zero-order valence-electron chi connectivity index (χ0n) is 11.3. The summed E-state index contributed by atoms with van der Waals surface area (Å²) in [5.74, 6) is 0. The zero-order chi connectivity index (χ0) is 12.7. The van der Waals surface area contributed by atoms with Crippen molar-refractivity contribution in [3.63, 3.8) is 0 Å². The van der Waals surface area contributed by atoms with E-state index in [-0.39, 0.29) is 0 Å². The number of hydrogen-bond donors (Lipinski definition) is 2. The van der Waals surface area contributed by atoms with Crippen molar-refractivity contribution in [1.29, 1.82) is 0 Å². The summed E-state index contributed by atoms with van der Waals surface area (Å²) in [4.78, 5) is 5.84. The molecule has 4 heteroatoms. The number of rotatable bonds is 8. The smallest absolute Gasteiger partial charge is 0.0900 e. The van der Waals surface area contributed by atoms with Crippen molar-refractivity contribution in [2.75, 3.05) is 13.1 Å². The lowest BCUT2D eigenvalue weighted by molar-refractivity contribution is 0.537. The fraction of sp³-hybridized carbons (Fsp3) is 0.769. The van der Waals surface area contributed by atoms with Crippen LogP contribution in [0.1, 0.15) is 54.2 Å². The highest BCUT2D eigenvalue weighted by atomic mass is 32.1. The maximum absolute atomic E-state index is 5.47. The maximum Gasteiger partial charge on any atom is 0.0900 e. The summed E-state index contributed by atoms with van der Waals surface area (Å²) in [5.41, 5.74) is 6.64. The van der Waals surface area contributed by atoms with Crippen LogP contribution in [0.5, 0.6) is 0 Å². The molecule has 0 spiro atoms. The molecule has 1 aromatic rings. The van der Waals surface area contributed by atoms with E-state index in [1.807, 2.05) is 0 Å². The van der Waals surface area contributed by atoms with E-state index < -0.39 is 0 Å². The van der Waals surface area contributed by atoms with Crippen LogP contribution in [0.25, 0.3) is 0 Å². The summed E-state index contributed by atoms with van der Waals surface area (Å²) < 4.78 is 0. The lowest BCUT2D eigenvalue weighted by atomic mass is 10.2. The summed E-state index contributed by atoms with van der Waals surface area (Å²) in [5, 5.41) is 4.73. The van der Waals surface area contributed by atoms with Crippen molar-refractivity contribution in [2.24, 2.45) is 5.73 Å². The third-order valence-corrected chi connectivity index (χ3v) is 4.17. The van der Waals surface area contributed by atoms with Gasteiger partial charge in [-0.05, 0) is 46.7 Å². The lowest BCUT2D eigenvalue weighted by Crippen LogP contribution is -2.19. The average molecular weight is 255 g/mol. The van der Waals surface area contributed by atoms with Crippen molar-refractivity contribution in [3.8, 4) is 0 Å². The standard InChI is InChI=1S/C13H25N3S/c1-10(13-11(2)16-12(3)17-13)15-9-7-5-4-6-8-14/h10,15H,4-9,14H2,1-3H3. The molecule has 0 aliphatic heterocycles. The van der Waals surface area contributed by atoms with Crippen LogP contribution < -0.4 is 11.1 Å². The molecule has 0 amide bonds. The van der Waals surface area contributed by atoms with Crippen LogP contribution in [0.2, 0.25) is 0 Å². The molecular formula is C13H25N3S. The topological polar surface area (TPSA) is 50.9 Å². The maximum atomic E-state index is 5.47. The predicted molar refractivity (Wildman–Crippen MR) is 75.5 cm³/mol. The molecule has 1 atom stereocenters. The van der Waals surface area contributed by atoms with Gasteiger partial charge in [0, 0.05) is 10.9 Å². The first-order chi connectivity index (χ1) is 8.15. The van der Waals surface area contributed by atoms with Crippen LogP contribution in [0.4, 0.5) is 0 Å². The van der Waals surface area contributed by atoms with Crippen LogP contribution in [0.15, 0.2) is 0 Å². The predicted octanol–water partition coefficient (Wildman–Crippen LogP) is 2.93. The number of hydrogen-bond acceptors (Lipinski definition) is 4. The number of nitrogens with one attached hydrogen (secondary N) is 1. The monoisotopic (exact) mass is 255 g/mol. The van der Waals surface area contributed by atoms with Crippen LogP contribution in [-0.4, -0.2) is 18.1 Å². The highest BCUT2D eigenvalue weighted by Crippen LogP contribution is 2.24. The van der Waals surface area contributed by atoms with Gasteiger partial charge in [-0.25, -0.2) is 4.98 Å². The lowest BCUT2D eigenvalue weighted by Gasteiger charge is -2.12. The highest BCUT2D eigenvalue weighted by Gasteiger charge is 2.11. The van der Waals surface area contributed by atoms with Gasteiger partial charge in [0.1, 0.15) is 0 Å². The number of aryl methyl sites for hydroxylation is 2. The molecule has 98 valence electrons. The van der Waals surface area contributed by atoms with Gasteiger partial charge < -0.3 is 11.1 Å². The van der Waals surface area contributed by atoms with E-state index >= 15 is 0 Å². The van der Waals surface area contributed by atoms with E-state index in [4.69, 9.17) is 5.73 Å². The Morgan fingerprint density at radius 3 is 2.53 bits per heavy atom. The van der Waals surface area contributed by atoms with Crippen LogP contribution >= 0.6 is 11.3 Å². The van der Waals surface area contributed by atoms with Gasteiger partial charge in [-0.15, -0.1) is 11.3 Å². The van der Waals surface area contributed by atoms with E-state index in [0.29, 0.717) is 6.04 Å². The van der Waals surface area contributed by atoms with E-state index in [9.17, 15) is 0 Å². The van der Waals surface area contributed by atoms with Gasteiger partial charge in [-0.2, -0.15) is 0 Å². The third-order valence-electron chi connectivity index (χ3n) is 2.91. The van der Waals surface area contributed by atoms with Gasteiger partial charge in [0.25, 0.3) is 0 Å². The average Bonchev–Trinajstić information content (AvgIpc) is 2.62. The molecule has 0 fully saturated rings. The van der Waals surface area contributed by atoms with Crippen molar-refractivity contribution < 1.29 is 0 Å². The summed E-state index contributed by atoms with van der Waals surface area (Å²) >= 11 is 1.80. The van der Waals surface area contributed by atoms with Crippen LogP contribution in [-0.2, 0) is 0 Å². The van der Waals surface area contributed by atoms with Crippen LogP contribution in [0, 0.1) is 13.8 Å². The molecule has 0 saturated heterocycles. The van der Waals surface area contributed by atoms with Gasteiger partial charge in [-0.3, -0.25) is 0 Å². The Morgan fingerprint density at radius 2 is 1.94 bits per heavy atom. The van der Waals surface area contributed by atoms with Crippen molar-refractivity contribution in [1.82, 2.24) is 10.3 Å². The van der Waals surface area contributed by atoms with Gasteiger partial charge >= 0.3 is 0 Å². The molecule has 17 heavy (non-hydrogen) atoms. The van der Waals surface area contributed by atoms with Gasteiger partial charge in [0.05, 0.1) is 10.7 Å². The molecule has 0 radical (unpaired) electrons. The first kappa shape index (κ1) is 14.6. The minimum atomic E-state index is 0.427. The van der Waals surface area contributed by atoms with E-state index in [2.05, 4.69) is 31.1 Å². The number of nitrogens with zero attached hydrogens (tertiary/aromatic N) is 1. The molecule has 0 saturated carbocycles. The van der Waals surface area contributed by atoms with Crippen molar-refractivity contribution >= 4 is 11.3 Å². The Morgan fingerprint density at radius 1 is 1.24 bits per heavy atom. The second-order valence-electron chi connectivity index (χ2n) is 4.56. The molecule has 0 aliphatic carbocycles. The molecule has 3 nitrogen and oxygen atoms in total. The molecule has 0 aliphatic rings. The number of thiazole rings is 1. The molecule has 0 aromatic carbocycles. The molecular weight excluding hydrogens is 230 g/mol. The molecule has 0 bridgehead atoms. The fourth-order valence-corrected chi connectivity index (χ4v) is 2.94. The highest BCUT2D eigenvalue weighted by molar-refractivity contribution is 7.11. The van der Waals surface area contributed by atoms with Gasteiger partial charge in [0.15, 0.2) is 0 Å². The molecule has 1 unspecified atom stereocenters. The summed E-state index contributed by atoms with van der Waals surface area (Å²) in [6.45, 7) is 8.30. The quantitative estimate of drug-likeness (QED) is 0.702. The molecule has 3 N–H and O–H groups in total. The summed E-state index contributed by atoms with van der Waals surface area (Å²) in [7, 11) is 0. The van der Waals surface area contributed by atoms with Gasteiger partial charge in [-0.1, -0.05) is 12.8 Å². The normalized spacial score (nSPS) is 12.9. The number of aromatic nitrogens is 1. The molecule has 1 rings (SSSR count). The first-order valence-electron chi connectivity index (χ1n) is 6.52. The summed E-state index contributed by atoms with van der Waals surface area (Å²) in [6, 6.07) is 0.427. The second kappa shape index (κ2) is 7.80. The Labute approximate surface area is 109 Å². The van der Waals surface area contributed by atoms with Gasteiger partial charge in [0.2, 0.25) is 0 Å². The van der Waals surface area contributed by atoms with Crippen molar-refractivity contribution in [3.05, 3.63) is 15.6 Å².